The SMILES string of the molecule is CCSc1ccccc1NC(=O)c1ccc(N(C)S(=O)(=O)c2ccc(OC)cc2)cc1. The van der Waals surface area contributed by atoms with Crippen LogP contribution in [0.2, 0.25) is 0 Å². The van der Waals surface area contributed by atoms with Gasteiger partial charge in [0.25, 0.3) is 15.9 Å². The van der Waals surface area contributed by atoms with Gasteiger partial charge in [0, 0.05) is 17.5 Å². The van der Waals surface area contributed by atoms with Gasteiger partial charge in [0.05, 0.1) is 23.4 Å². The zero-order valence-corrected chi connectivity index (χ0v) is 19.2. The highest BCUT2D eigenvalue weighted by atomic mass is 32.2. The minimum Gasteiger partial charge on any atom is -0.497 e. The molecule has 0 aliphatic carbocycles. The topological polar surface area (TPSA) is 75.7 Å². The molecular weight excluding hydrogens is 432 g/mol. The predicted octanol–water partition coefficient (Wildman–Crippen LogP) is 4.88. The van der Waals surface area contributed by atoms with Gasteiger partial charge in [0.1, 0.15) is 5.75 Å². The lowest BCUT2D eigenvalue weighted by Gasteiger charge is -2.20. The number of thioether (sulfide) groups is 1. The van der Waals surface area contributed by atoms with Gasteiger partial charge in [-0.1, -0.05) is 19.1 Å². The molecule has 0 heterocycles. The third kappa shape index (κ3) is 5.21. The molecule has 3 rings (SSSR count). The molecule has 1 amide bonds. The fourth-order valence-electron chi connectivity index (χ4n) is 2.91. The second kappa shape index (κ2) is 9.89. The fraction of sp³-hybridized carbons (Fsp3) is 0.174. The second-order valence-electron chi connectivity index (χ2n) is 6.58. The van der Waals surface area contributed by atoms with Crippen molar-refractivity contribution in [1.29, 1.82) is 0 Å². The van der Waals surface area contributed by atoms with E-state index in [0.29, 0.717) is 17.0 Å². The van der Waals surface area contributed by atoms with E-state index in [1.165, 1.54) is 30.6 Å². The average Bonchev–Trinajstić information content (AvgIpc) is 2.80. The lowest BCUT2D eigenvalue weighted by Crippen LogP contribution is -2.26. The first kappa shape index (κ1) is 22.7. The van der Waals surface area contributed by atoms with Gasteiger partial charge >= 0.3 is 0 Å². The van der Waals surface area contributed by atoms with E-state index in [9.17, 15) is 13.2 Å². The summed E-state index contributed by atoms with van der Waals surface area (Å²) in [4.78, 5) is 13.8. The molecule has 0 saturated heterocycles. The summed E-state index contributed by atoms with van der Waals surface area (Å²) in [5.41, 5.74) is 1.65. The van der Waals surface area contributed by atoms with Crippen molar-refractivity contribution in [2.45, 2.75) is 16.7 Å². The number of hydrogen-bond acceptors (Lipinski definition) is 5. The van der Waals surface area contributed by atoms with Crippen molar-refractivity contribution in [1.82, 2.24) is 0 Å². The van der Waals surface area contributed by atoms with Crippen LogP contribution < -0.4 is 14.4 Å². The van der Waals surface area contributed by atoms with E-state index in [1.807, 2.05) is 24.3 Å². The van der Waals surface area contributed by atoms with Gasteiger partial charge in [-0.3, -0.25) is 9.10 Å². The Morgan fingerprint density at radius 3 is 2.26 bits per heavy atom. The minimum atomic E-state index is -3.74. The molecule has 3 aromatic rings. The quantitative estimate of drug-likeness (QED) is 0.489. The molecule has 0 spiro atoms. The Hall–Kier alpha value is -2.97. The third-order valence-corrected chi connectivity index (χ3v) is 7.40. The number of methoxy groups -OCH3 is 1. The second-order valence-corrected chi connectivity index (χ2v) is 9.85. The molecule has 0 unspecified atom stereocenters. The van der Waals surface area contributed by atoms with Gasteiger partial charge in [0.2, 0.25) is 0 Å². The van der Waals surface area contributed by atoms with E-state index in [-0.39, 0.29) is 10.8 Å². The number of rotatable bonds is 8. The number of anilines is 2. The summed E-state index contributed by atoms with van der Waals surface area (Å²) in [5, 5.41) is 2.92. The average molecular weight is 457 g/mol. The Balaban J connectivity index is 1.76. The standard InChI is InChI=1S/C23H24N2O4S2/c1-4-30-22-8-6-5-7-21(22)24-23(26)17-9-11-18(12-10-17)25(2)31(27,28)20-15-13-19(29-3)14-16-20/h5-16H,4H2,1-3H3,(H,24,26). The first-order chi connectivity index (χ1) is 14.9. The minimum absolute atomic E-state index is 0.155. The zero-order chi connectivity index (χ0) is 22.4. The molecule has 162 valence electrons. The van der Waals surface area contributed by atoms with E-state index in [2.05, 4.69) is 12.2 Å². The van der Waals surface area contributed by atoms with Crippen molar-refractivity contribution in [2.75, 3.05) is 29.5 Å². The number of nitrogens with zero attached hydrogens (tertiary/aromatic N) is 1. The predicted molar refractivity (Wildman–Crippen MR) is 126 cm³/mol. The number of sulfonamides is 1. The lowest BCUT2D eigenvalue weighted by atomic mass is 10.2. The normalized spacial score (nSPS) is 11.1. The van der Waals surface area contributed by atoms with E-state index >= 15 is 0 Å². The maximum Gasteiger partial charge on any atom is 0.264 e. The van der Waals surface area contributed by atoms with Crippen LogP contribution in [-0.2, 0) is 10.0 Å². The molecule has 1 N–H and O–H groups in total. The Labute approximate surface area is 187 Å². The number of amides is 1. The van der Waals surface area contributed by atoms with Gasteiger partial charge in [-0.15, -0.1) is 11.8 Å². The van der Waals surface area contributed by atoms with E-state index in [0.717, 1.165) is 16.3 Å². The highest BCUT2D eigenvalue weighted by molar-refractivity contribution is 7.99. The molecule has 0 fully saturated rings. The molecule has 0 radical (unpaired) electrons. The fourth-order valence-corrected chi connectivity index (χ4v) is 4.87. The number of ether oxygens (including phenoxy) is 1. The summed E-state index contributed by atoms with van der Waals surface area (Å²) in [6.45, 7) is 2.05. The summed E-state index contributed by atoms with van der Waals surface area (Å²) in [6.07, 6.45) is 0. The third-order valence-electron chi connectivity index (χ3n) is 4.65. The number of carbonyl (C=O) groups excluding carboxylic acids is 1. The van der Waals surface area contributed by atoms with Crippen molar-refractivity contribution in [3.63, 3.8) is 0 Å². The van der Waals surface area contributed by atoms with Crippen LogP contribution in [0, 0.1) is 0 Å². The Morgan fingerprint density at radius 2 is 1.65 bits per heavy atom. The maximum absolute atomic E-state index is 12.9. The van der Waals surface area contributed by atoms with Crippen LogP contribution in [0.5, 0.6) is 5.75 Å². The molecule has 0 bridgehead atoms. The number of nitrogens with one attached hydrogen (secondary N) is 1. The van der Waals surface area contributed by atoms with Crippen LogP contribution in [0.15, 0.2) is 82.6 Å². The Kier molecular flexibility index (Phi) is 7.25. The zero-order valence-electron chi connectivity index (χ0n) is 17.5. The Morgan fingerprint density at radius 1 is 1.00 bits per heavy atom. The van der Waals surface area contributed by atoms with Gasteiger partial charge < -0.3 is 10.1 Å². The van der Waals surface area contributed by atoms with Gasteiger partial charge in [-0.2, -0.15) is 0 Å². The number of para-hydroxylation sites is 1. The van der Waals surface area contributed by atoms with Crippen LogP contribution in [0.25, 0.3) is 0 Å². The molecule has 0 saturated carbocycles. The van der Waals surface area contributed by atoms with Gasteiger partial charge in [-0.25, -0.2) is 8.42 Å². The van der Waals surface area contributed by atoms with Crippen molar-refractivity contribution < 1.29 is 17.9 Å². The van der Waals surface area contributed by atoms with E-state index < -0.39 is 10.0 Å². The largest absolute Gasteiger partial charge is 0.497 e. The molecule has 3 aromatic carbocycles. The van der Waals surface area contributed by atoms with E-state index in [4.69, 9.17) is 4.74 Å². The molecule has 31 heavy (non-hydrogen) atoms. The highest BCUT2D eigenvalue weighted by Gasteiger charge is 2.21. The summed E-state index contributed by atoms with van der Waals surface area (Å²) in [5.74, 6) is 1.23. The molecule has 0 atom stereocenters. The van der Waals surface area contributed by atoms with Crippen molar-refractivity contribution >= 4 is 39.1 Å². The summed E-state index contributed by atoms with van der Waals surface area (Å²) in [6, 6.07) is 20.3. The Bertz CT molecular complexity index is 1140. The smallest absolute Gasteiger partial charge is 0.264 e. The first-order valence-corrected chi connectivity index (χ1v) is 12.1. The van der Waals surface area contributed by atoms with Crippen molar-refractivity contribution in [3.05, 3.63) is 78.4 Å². The lowest BCUT2D eigenvalue weighted by molar-refractivity contribution is 0.102. The summed E-state index contributed by atoms with van der Waals surface area (Å²) < 4.78 is 32.1. The van der Waals surface area contributed by atoms with Crippen LogP contribution in [0.3, 0.4) is 0 Å². The number of benzene rings is 3. The highest BCUT2D eigenvalue weighted by Crippen LogP contribution is 2.28. The van der Waals surface area contributed by atoms with Crippen molar-refractivity contribution in [2.24, 2.45) is 0 Å². The molecule has 8 heteroatoms. The maximum atomic E-state index is 12.9. The molecular formula is C23H24N2O4S2. The van der Waals surface area contributed by atoms with Crippen LogP contribution >= 0.6 is 11.8 Å². The summed E-state index contributed by atoms with van der Waals surface area (Å²) in [7, 11) is -0.735. The molecule has 6 nitrogen and oxygen atoms in total. The van der Waals surface area contributed by atoms with Crippen molar-refractivity contribution in [3.8, 4) is 5.75 Å². The monoisotopic (exact) mass is 456 g/mol. The van der Waals surface area contributed by atoms with Gasteiger partial charge in [-0.05, 0) is 66.4 Å². The van der Waals surface area contributed by atoms with Crippen LogP contribution in [0.1, 0.15) is 17.3 Å². The summed E-state index contributed by atoms with van der Waals surface area (Å²) >= 11 is 1.65. The number of carbonyl (C=O) groups is 1. The van der Waals surface area contributed by atoms with Crippen LogP contribution in [-0.4, -0.2) is 34.2 Å². The molecule has 0 aliphatic heterocycles. The first-order valence-electron chi connectivity index (χ1n) is 9.63. The molecule has 0 aliphatic rings. The van der Waals surface area contributed by atoms with Gasteiger partial charge in [0.15, 0.2) is 0 Å². The molecule has 0 aromatic heterocycles. The van der Waals surface area contributed by atoms with Crippen LogP contribution in [0.4, 0.5) is 11.4 Å². The van der Waals surface area contributed by atoms with E-state index in [1.54, 1.807) is 48.2 Å². The number of hydrogen-bond donors (Lipinski definition) is 1.